The molecule has 0 spiro atoms. The standard InChI is InChI=1S/C16H25N3O3/c1-12(2)17-16(21)18-15(20)11-19(4)9-10-22-14-8-6-5-7-13(14)3/h5-8,12H,9-11H2,1-4H3,(H2,17,18,20,21). The molecule has 0 aliphatic heterocycles. The second-order valence-corrected chi connectivity index (χ2v) is 5.53. The van der Waals surface area contributed by atoms with Crippen molar-refractivity contribution in [1.29, 1.82) is 0 Å². The van der Waals surface area contributed by atoms with Gasteiger partial charge in [0.2, 0.25) is 5.91 Å². The number of para-hydroxylation sites is 1. The summed E-state index contributed by atoms with van der Waals surface area (Å²) in [5, 5.41) is 4.89. The third-order valence-corrected chi connectivity index (χ3v) is 2.91. The molecule has 0 atom stereocenters. The first-order valence-electron chi connectivity index (χ1n) is 7.35. The number of hydrogen-bond donors (Lipinski definition) is 2. The highest BCUT2D eigenvalue weighted by Crippen LogP contribution is 2.15. The van der Waals surface area contributed by atoms with Crippen LogP contribution in [-0.2, 0) is 4.79 Å². The van der Waals surface area contributed by atoms with Crippen molar-refractivity contribution in [2.45, 2.75) is 26.8 Å². The SMILES string of the molecule is Cc1ccccc1OCCN(C)CC(=O)NC(=O)NC(C)C. The van der Waals surface area contributed by atoms with Crippen LogP contribution in [-0.4, -0.2) is 49.6 Å². The number of nitrogens with one attached hydrogen (secondary N) is 2. The average Bonchev–Trinajstić information content (AvgIpc) is 2.39. The van der Waals surface area contributed by atoms with Crippen molar-refractivity contribution in [2.24, 2.45) is 0 Å². The Labute approximate surface area is 131 Å². The predicted molar refractivity (Wildman–Crippen MR) is 86.0 cm³/mol. The first-order valence-corrected chi connectivity index (χ1v) is 7.35. The van der Waals surface area contributed by atoms with Gasteiger partial charge in [0.1, 0.15) is 12.4 Å². The minimum atomic E-state index is -0.468. The number of amides is 3. The molecule has 0 saturated heterocycles. The third kappa shape index (κ3) is 7.08. The molecule has 2 N–H and O–H groups in total. The summed E-state index contributed by atoms with van der Waals surface area (Å²) in [5.74, 6) is 0.508. The van der Waals surface area contributed by atoms with Crippen molar-refractivity contribution >= 4 is 11.9 Å². The number of hydrogen-bond acceptors (Lipinski definition) is 4. The lowest BCUT2D eigenvalue weighted by atomic mass is 10.2. The minimum Gasteiger partial charge on any atom is -0.492 e. The Balaban J connectivity index is 2.25. The Morgan fingerprint density at radius 3 is 2.59 bits per heavy atom. The van der Waals surface area contributed by atoms with Crippen molar-refractivity contribution in [2.75, 3.05) is 26.7 Å². The van der Waals surface area contributed by atoms with Gasteiger partial charge in [0.15, 0.2) is 0 Å². The Hall–Kier alpha value is -2.08. The van der Waals surface area contributed by atoms with E-state index in [1.54, 1.807) is 11.9 Å². The van der Waals surface area contributed by atoms with E-state index in [9.17, 15) is 9.59 Å². The van der Waals surface area contributed by atoms with Crippen LogP contribution in [0.4, 0.5) is 4.79 Å². The van der Waals surface area contributed by atoms with Crippen LogP contribution in [0.1, 0.15) is 19.4 Å². The molecule has 0 fully saturated rings. The van der Waals surface area contributed by atoms with Crippen LogP contribution in [0.15, 0.2) is 24.3 Å². The van der Waals surface area contributed by atoms with E-state index in [4.69, 9.17) is 4.74 Å². The van der Waals surface area contributed by atoms with E-state index in [1.807, 2.05) is 45.0 Å². The van der Waals surface area contributed by atoms with Gasteiger partial charge in [-0.25, -0.2) is 4.79 Å². The molecular weight excluding hydrogens is 282 g/mol. The molecule has 0 saturated carbocycles. The molecule has 3 amide bonds. The summed E-state index contributed by atoms with van der Waals surface area (Å²) < 4.78 is 5.67. The van der Waals surface area contributed by atoms with Crippen LogP contribution >= 0.6 is 0 Å². The Kier molecular flexibility index (Phi) is 7.39. The quantitative estimate of drug-likeness (QED) is 0.801. The highest BCUT2D eigenvalue weighted by molar-refractivity contribution is 5.95. The Morgan fingerprint density at radius 2 is 1.95 bits per heavy atom. The lowest BCUT2D eigenvalue weighted by Crippen LogP contribution is -2.46. The van der Waals surface area contributed by atoms with Gasteiger partial charge in [-0.3, -0.25) is 15.0 Å². The molecule has 0 aromatic heterocycles. The van der Waals surface area contributed by atoms with E-state index >= 15 is 0 Å². The maximum absolute atomic E-state index is 11.7. The zero-order chi connectivity index (χ0) is 16.5. The Morgan fingerprint density at radius 1 is 1.27 bits per heavy atom. The van der Waals surface area contributed by atoms with Crippen molar-refractivity contribution in [3.63, 3.8) is 0 Å². The van der Waals surface area contributed by atoms with E-state index in [0.29, 0.717) is 13.2 Å². The normalized spacial score (nSPS) is 10.6. The molecule has 6 nitrogen and oxygen atoms in total. The lowest BCUT2D eigenvalue weighted by Gasteiger charge is -2.17. The highest BCUT2D eigenvalue weighted by atomic mass is 16.5. The largest absolute Gasteiger partial charge is 0.492 e. The minimum absolute atomic E-state index is 0.00644. The van der Waals surface area contributed by atoms with E-state index in [1.165, 1.54) is 0 Å². The number of urea groups is 1. The zero-order valence-electron chi connectivity index (χ0n) is 13.7. The van der Waals surface area contributed by atoms with Gasteiger partial charge in [-0.15, -0.1) is 0 Å². The summed E-state index contributed by atoms with van der Waals surface area (Å²) in [7, 11) is 1.81. The monoisotopic (exact) mass is 307 g/mol. The molecule has 6 heteroatoms. The smallest absolute Gasteiger partial charge is 0.321 e. The molecule has 1 aromatic rings. The molecule has 0 aliphatic carbocycles. The van der Waals surface area contributed by atoms with Crippen LogP contribution in [0.2, 0.25) is 0 Å². The van der Waals surface area contributed by atoms with Gasteiger partial charge in [0.25, 0.3) is 0 Å². The third-order valence-electron chi connectivity index (χ3n) is 2.91. The fourth-order valence-corrected chi connectivity index (χ4v) is 1.82. The van der Waals surface area contributed by atoms with Crippen LogP contribution < -0.4 is 15.4 Å². The number of carbonyl (C=O) groups is 2. The fourth-order valence-electron chi connectivity index (χ4n) is 1.82. The number of imide groups is 1. The van der Waals surface area contributed by atoms with Gasteiger partial charge >= 0.3 is 6.03 Å². The number of rotatable bonds is 7. The summed E-state index contributed by atoms with van der Waals surface area (Å²) in [4.78, 5) is 24.9. The van der Waals surface area contributed by atoms with Gasteiger partial charge in [-0.05, 0) is 39.4 Å². The molecular formula is C16H25N3O3. The van der Waals surface area contributed by atoms with Gasteiger partial charge in [-0.1, -0.05) is 18.2 Å². The lowest BCUT2D eigenvalue weighted by molar-refractivity contribution is -0.120. The fraction of sp³-hybridized carbons (Fsp3) is 0.500. The summed E-state index contributed by atoms with van der Waals surface area (Å²) >= 11 is 0. The number of carbonyl (C=O) groups excluding carboxylic acids is 2. The van der Waals surface area contributed by atoms with Gasteiger partial charge < -0.3 is 10.1 Å². The number of benzene rings is 1. The van der Waals surface area contributed by atoms with Gasteiger partial charge in [0, 0.05) is 12.6 Å². The molecule has 0 heterocycles. The van der Waals surface area contributed by atoms with Crippen LogP contribution in [0, 0.1) is 6.92 Å². The van der Waals surface area contributed by atoms with Crippen molar-refractivity contribution in [3.8, 4) is 5.75 Å². The molecule has 0 unspecified atom stereocenters. The maximum atomic E-state index is 11.7. The van der Waals surface area contributed by atoms with E-state index < -0.39 is 6.03 Å². The molecule has 0 bridgehead atoms. The zero-order valence-corrected chi connectivity index (χ0v) is 13.7. The van der Waals surface area contributed by atoms with E-state index in [0.717, 1.165) is 11.3 Å². The summed E-state index contributed by atoms with van der Waals surface area (Å²) in [6.07, 6.45) is 0. The van der Waals surface area contributed by atoms with Gasteiger partial charge in [0.05, 0.1) is 6.54 Å². The molecule has 1 aromatic carbocycles. The van der Waals surface area contributed by atoms with Crippen LogP contribution in [0.3, 0.4) is 0 Å². The molecule has 22 heavy (non-hydrogen) atoms. The first-order chi connectivity index (χ1) is 10.4. The van der Waals surface area contributed by atoms with Crippen molar-refractivity contribution in [3.05, 3.63) is 29.8 Å². The number of ether oxygens (including phenoxy) is 1. The highest BCUT2D eigenvalue weighted by Gasteiger charge is 2.11. The molecule has 122 valence electrons. The summed E-state index contributed by atoms with van der Waals surface area (Å²) in [5.41, 5.74) is 1.08. The molecule has 0 aliphatic rings. The maximum Gasteiger partial charge on any atom is 0.321 e. The van der Waals surface area contributed by atoms with E-state index in [-0.39, 0.29) is 18.5 Å². The van der Waals surface area contributed by atoms with Crippen LogP contribution in [0.25, 0.3) is 0 Å². The topological polar surface area (TPSA) is 70.7 Å². The van der Waals surface area contributed by atoms with Crippen molar-refractivity contribution < 1.29 is 14.3 Å². The number of nitrogens with zero attached hydrogens (tertiary/aromatic N) is 1. The summed E-state index contributed by atoms with van der Waals surface area (Å²) in [6.45, 7) is 6.86. The molecule has 1 rings (SSSR count). The number of likely N-dealkylation sites (N-methyl/N-ethyl adjacent to an activating group) is 1. The second kappa shape index (κ2) is 9.04. The Bertz CT molecular complexity index is 503. The predicted octanol–water partition coefficient (Wildman–Crippen LogP) is 1.54. The first kappa shape index (κ1) is 18.0. The van der Waals surface area contributed by atoms with E-state index in [2.05, 4.69) is 10.6 Å². The molecule has 0 radical (unpaired) electrons. The van der Waals surface area contributed by atoms with Gasteiger partial charge in [-0.2, -0.15) is 0 Å². The average molecular weight is 307 g/mol. The summed E-state index contributed by atoms with van der Waals surface area (Å²) in [6, 6.07) is 7.31. The number of aryl methyl sites for hydroxylation is 1. The second-order valence-electron chi connectivity index (χ2n) is 5.53. The van der Waals surface area contributed by atoms with Crippen molar-refractivity contribution in [1.82, 2.24) is 15.5 Å². The van der Waals surface area contributed by atoms with Crippen LogP contribution in [0.5, 0.6) is 5.75 Å².